The van der Waals surface area contributed by atoms with Crippen LogP contribution in [0.3, 0.4) is 0 Å². The molecule has 3 nitrogen and oxygen atoms in total. The molecule has 0 radical (unpaired) electrons. The van der Waals surface area contributed by atoms with Crippen LogP contribution in [-0.2, 0) is 0 Å². The first-order chi connectivity index (χ1) is 6.18. The second-order valence-corrected chi connectivity index (χ2v) is 3.51. The number of nitrogens with zero attached hydrogens (tertiary/aromatic N) is 2. The van der Waals surface area contributed by atoms with Crippen molar-refractivity contribution in [2.24, 2.45) is 0 Å². The average molecular weight is 175 g/mol. The van der Waals surface area contributed by atoms with Gasteiger partial charge in [-0.05, 0) is 17.5 Å². The second kappa shape index (κ2) is 2.76. The summed E-state index contributed by atoms with van der Waals surface area (Å²) in [7, 11) is 0. The Labute approximate surface area is 77.2 Å². The van der Waals surface area contributed by atoms with Gasteiger partial charge in [0.25, 0.3) is 0 Å². The number of fused-ring (bicyclic) bond motifs is 1. The van der Waals surface area contributed by atoms with Crippen molar-refractivity contribution < 1.29 is 0 Å². The van der Waals surface area contributed by atoms with Gasteiger partial charge in [0.2, 0.25) is 0 Å². The lowest BCUT2D eigenvalue weighted by molar-refractivity contribution is 0.863. The van der Waals surface area contributed by atoms with Crippen LogP contribution in [0.4, 0.5) is 5.82 Å². The van der Waals surface area contributed by atoms with E-state index in [0.717, 1.165) is 5.65 Å². The smallest absolute Gasteiger partial charge is 0.142 e. The number of hydrogen-bond acceptors (Lipinski definition) is 2. The number of hydrogen-bond donors (Lipinski definition) is 1. The maximum absolute atomic E-state index is 5.63. The van der Waals surface area contributed by atoms with Crippen molar-refractivity contribution in [1.82, 2.24) is 9.38 Å². The summed E-state index contributed by atoms with van der Waals surface area (Å²) in [5, 5.41) is 0. The Kier molecular flexibility index (Phi) is 1.72. The van der Waals surface area contributed by atoms with Gasteiger partial charge in [-0.1, -0.05) is 19.9 Å². The maximum atomic E-state index is 5.63. The second-order valence-electron chi connectivity index (χ2n) is 3.51. The zero-order valence-electron chi connectivity index (χ0n) is 7.86. The topological polar surface area (TPSA) is 43.3 Å². The molecule has 0 aliphatic carbocycles. The summed E-state index contributed by atoms with van der Waals surface area (Å²) in [5.41, 5.74) is 7.83. The van der Waals surface area contributed by atoms with Gasteiger partial charge in [0.15, 0.2) is 0 Å². The van der Waals surface area contributed by atoms with Crippen molar-refractivity contribution in [2.45, 2.75) is 19.8 Å². The highest BCUT2D eigenvalue weighted by molar-refractivity contribution is 5.54. The van der Waals surface area contributed by atoms with E-state index >= 15 is 0 Å². The van der Waals surface area contributed by atoms with Crippen LogP contribution >= 0.6 is 0 Å². The predicted octanol–water partition coefficient (Wildman–Crippen LogP) is 2.04. The standard InChI is InChI=1S/C10H13N3/c1-7(2)8-4-3-5-13-6-9(11)12-10(8)13/h3-7H,11H2,1-2H3. The third kappa shape index (κ3) is 1.26. The first-order valence-electron chi connectivity index (χ1n) is 4.41. The van der Waals surface area contributed by atoms with E-state index in [1.165, 1.54) is 5.56 Å². The van der Waals surface area contributed by atoms with Crippen molar-refractivity contribution in [3.8, 4) is 0 Å². The molecule has 2 aromatic heterocycles. The number of aromatic nitrogens is 2. The minimum atomic E-state index is 0.477. The van der Waals surface area contributed by atoms with E-state index in [-0.39, 0.29) is 0 Å². The SMILES string of the molecule is CC(C)c1cccn2cc(N)nc12. The van der Waals surface area contributed by atoms with E-state index in [0.29, 0.717) is 11.7 Å². The van der Waals surface area contributed by atoms with E-state index in [2.05, 4.69) is 24.9 Å². The molecule has 3 heteroatoms. The highest BCUT2D eigenvalue weighted by atomic mass is 15.0. The fourth-order valence-corrected chi connectivity index (χ4v) is 1.50. The van der Waals surface area contributed by atoms with Gasteiger partial charge in [0.1, 0.15) is 11.5 Å². The molecule has 0 aromatic carbocycles. The molecule has 2 N–H and O–H groups in total. The molecule has 0 aliphatic heterocycles. The summed E-state index contributed by atoms with van der Waals surface area (Å²) in [6, 6.07) is 4.11. The molecule has 0 spiro atoms. The Balaban J connectivity index is 2.75. The number of anilines is 1. The normalized spacial score (nSPS) is 11.3. The molecule has 13 heavy (non-hydrogen) atoms. The highest BCUT2D eigenvalue weighted by Crippen LogP contribution is 2.20. The predicted molar refractivity (Wildman–Crippen MR) is 53.7 cm³/mol. The lowest BCUT2D eigenvalue weighted by Gasteiger charge is -2.05. The van der Waals surface area contributed by atoms with Crippen molar-refractivity contribution in [2.75, 3.05) is 5.73 Å². The van der Waals surface area contributed by atoms with Gasteiger partial charge in [-0.25, -0.2) is 4.98 Å². The van der Waals surface area contributed by atoms with Crippen LogP contribution in [0.1, 0.15) is 25.3 Å². The first-order valence-corrected chi connectivity index (χ1v) is 4.41. The highest BCUT2D eigenvalue weighted by Gasteiger charge is 2.06. The van der Waals surface area contributed by atoms with E-state index in [4.69, 9.17) is 5.73 Å². The molecule has 2 aromatic rings. The molecule has 0 saturated heterocycles. The molecule has 0 saturated carbocycles. The van der Waals surface area contributed by atoms with E-state index in [9.17, 15) is 0 Å². The quantitative estimate of drug-likeness (QED) is 0.720. The average Bonchev–Trinajstić information content (AvgIpc) is 2.43. The van der Waals surface area contributed by atoms with Crippen LogP contribution in [0.2, 0.25) is 0 Å². The number of nitrogens with two attached hydrogens (primary N) is 1. The van der Waals surface area contributed by atoms with Gasteiger partial charge in [-0.15, -0.1) is 0 Å². The molecular weight excluding hydrogens is 162 g/mol. The Morgan fingerprint density at radius 1 is 1.46 bits per heavy atom. The molecule has 0 amide bonds. The summed E-state index contributed by atoms with van der Waals surface area (Å²) in [6.45, 7) is 4.31. The van der Waals surface area contributed by atoms with Gasteiger partial charge in [0.05, 0.1) is 6.20 Å². The van der Waals surface area contributed by atoms with Gasteiger partial charge in [-0.3, -0.25) is 0 Å². The van der Waals surface area contributed by atoms with E-state index in [1.54, 1.807) is 0 Å². The van der Waals surface area contributed by atoms with Crippen molar-refractivity contribution in [1.29, 1.82) is 0 Å². The Morgan fingerprint density at radius 3 is 2.92 bits per heavy atom. The minimum absolute atomic E-state index is 0.477. The van der Waals surface area contributed by atoms with Gasteiger partial charge >= 0.3 is 0 Å². The number of pyridine rings is 1. The molecule has 0 bridgehead atoms. The van der Waals surface area contributed by atoms with Crippen LogP contribution in [0.5, 0.6) is 0 Å². The van der Waals surface area contributed by atoms with Crippen LogP contribution in [0, 0.1) is 0 Å². The summed E-state index contributed by atoms with van der Waals surface area (Å²) >= 11 is 0. The summed E-state index contributed by atoms with van der Waals surface area (Å²) < 4.78 is 1.96. The van der Waals surface area contributed by atoms with E-state index in [1.807, 2.05) is 22.9 Å². The van der Waals surface area contributed by atoms with Gasteiger partial charge in [0, 0.05) is 6.20 Å². The zero-order valence-corrected chi connectivity index (χ0v) is 7.86. The molecule has 0 unspecified atom stereocenters. The lowest BCUT2D eigenvalue weighted by atomic mass is 10.1. The molecule has 0 fully saturated rings. The fourth-order valence-electron chi connectivity index (χ4n) is 1.50. The number of rotatable bonds is 1. The summed E-state index contributed by atoms with van der Waals surface area (Å²) in [5.74, 6) is 1.05. The van der Waals surface area contributed by atoms with Crippen LogP contribution in [-0.4, -0.2) is 9.38 Å². The van der Waals surface area contributed by atoms with Crippen LogP contribution in [0.15, 0.2) is 24.5 Å². The van der Waals surface area contributed by atoms with Crippen molar-refractivity contribution >= 4 is 11.5 Å². The molecule has 0 atom stereocenters. The minimum Gasteiger partial charge on any atom is -0.382 e. The Morgan fingerprint density at radius 2 is 2.23 bits per heavy atom. The largest absolute Gasteiger partial charge is 0.382 e. The molecule has 0 aliphatic rings. The molecule has 2 rings (SSSR count). The molecular formula is C10H13N3. The maximum Gasteiger partial charge on any atom is 0.142 e. The fraction of sp³-hybridized carbons (Fsp3) is 0.300. The van der Waals surface area contributed by atoms with Crippen molar-refractivity contribution in [3.63, 3.8) is 0 Å². The number of nitrogen functional groups attached to an aromatic ring is 1. The first kappa shape index (κ1) is 8.10. The zero-order chi connectivity index (χ0) is 9.42. The number of imidazole rings is 1. The Hall–Kier alpha value is -1.51. The summed E-state index contributed by atoms with van der Waals surface area (Å²) in [4.78, 5) is 4.28. The van der Waals surface area contributed by atoms with Crippen LogP contribution < -0.4 is 5.73 Å². The monoisotopic (exact) mass is 175 g/mol. The third-order valence-corrected chi connectivity index (χ3v) is 2.15. The van der Waals surface area contributed by atoms with Gasteiger partial charge < -0.3 is 10.1 Å². The Bertz CT molecular complexity index is 429. The third-order valence-electron chi connectivity index (χ3n) is 2.15. The lowest BCUT2D eigenvalue weighted by Crippen LogP contribution is -1.93. The van der Waals surface area contributed by atoms with E-state index < -0.39 is 0 Å². The van der Waals surface area contributed by atoms with Crippen LogP contribution in [0.25, 0.3) is 5.65 Å². The summed E-state index contributed by atoms with van der Waals surface area (Å²) in [6.07, 6.45) is 3.80. The molecule has 68 valence electrons. The van der Waals surface area contributed by atoms with Gasteiger partial charge in [-0.2, -0.15) is 0 Å². The molecule has 2 heterocycles. The van der Waals surface area contributed by atoms with Crippen molar-refractivity contribution in [3.05, 3.63) is 30.1 Å².